The average Bonchev–Trinajstić information content (AvgIpc) is 3.91. The molecule has 0 radical (unpaired) electrons. The van der Waals surface area contributed by atoms with Crippen LogP contribution < -0.4 is 26.4 Å². The first kappa shape index (κ1) is 42.5. The summed E-state index contributed by atoms with van der Waals surface area (Å²) >= 11 is 0.762. The van der Waals surface area contributed by atoms with E-state index < -0.39 is 10.8 Å². The number of benzene rings is 1. The summed E-state index contributed by atoms with van der Waals surface area (Å²) < 4.78 is 1.68. The highest BCUT2D eigenvalue weighted by molar-refractivity contribution is 7.19. The van der Waals surface area contributed by atoms with E-state index in [1.807, 2.05) is 17.0 Å². The lowest BCUT2D eigenvalue weighted by Gasteiger charge is -2.36. The number of aryl methyl sites for hydroxylation is 2. The highest BCUT2D eigenvalue weighted by atomic mass is 32.1. The number of carbonyl (C=O) groups is 4. The van der Waals surface area contributed by atoms with Gasteiger partial charge in [0.25, 0.3) is 11.5 Å². The van der Waals surface area contributed by atoms with Crippen LogP contribution >= 0.6 is 11.3 Å². The van der Waals surface area contributed by atoms with E-state index in [2.05, 4.69) is 35.8 Å². The molecular weight excluding hydrogens is 803 g/mol. The van der Waals surface area contributed by atoms with E-state index in [4.69, 9.17) is 4.98 Å². The van der Waals surface area contributed by atoms with Crippen molar-refractivity contribution in [1.29, 1.82) is 0 Å². The summed E-state index contributed by atoms with van der Waals surface area (Å²) in [6.07, 6.45) is 9.65. The number of hydrogen-bond donors (Lipinski definition) is 3. The van der Waals surface area contributed by atoms with Gasteiger partial charge in [-0.3, -0.25) is 44.0 Å². The second-order valence-corrected chi connectivity index (χ2v) is 16.2. The number of nitrogens with one attached hydrogen (secondary N) is 3. The molecule has 1 aromatic carbocycles. The van der Waals surface area contributed by atoms with Crippen molar-refractivity contribution in [1.82, 2.24) is 29.4 Å². The van der Waals surface area contributed by atoms with Crippen molar-refractivity contribution < 1.29 is 24.1 Å². The van der Waals surface area contributed by atoms with Gasteiger partial charge in [0.2, 0.25) is 17.8 Å². The number of pyridine rings is 2. The van der Waals surface area contributed by atoms with E-state index in [0.29, 0.717) is 85.9 Å². The summed E-state index contributed by atoms with van der Waals surface area (Å²) in [5.41, 5.74) is 2.62. The first-order valence-corrected chi connectivity index (χ1v) is 21.2. The number of nitro groups is 1. The van der Waals surface area contributed by atoms with Gasteiger partial charge in [0.15, 0.2) is 10.9 Å². The zero-order valence-electron chi connectivity index (χ0n) is 34.2. The molecule has 1 saturated carbocycles. The minimum atomic E-state index is -0.551. The Kier molecular flexibility index (Phi) is 13.1. The Morgan fingerprint density at radius 3 is 2.33 bits per heavy atom. The third-order valence-electron chi connectivity index (χ3n) is 11.1. The molecule has 0 unspecified atom stereocenters. The molecule has 3 amide bonds. The van der Waals surface area contributed by atoms with Crippen molar-refractivity contribution in [3.63, 3.8) is 0 Å². The number of nitrogens with zero attached hydrogens (tertiary/aromatic N) is 8. The third kappa shape index (κ3) is 9.72. The van der Waals surface area contributed by atoms with Crippen molar-refractivity contribution in [3.8, 4) is 0 Å². The number of rotatable bonds is 15. The molecule has 5 heterocycles. The van der Waals surface area contributed by atoms with Gasteiger partial charge in [-0.15, -0.1) is 0 Å². The summed E-state index contributed by atoms with van der Waals surface area (Å²) in [6.45, 7) is 7.13. The normalized spacial score (nSPS) is 14.3. The van der Waals surface area contributed by atoms with Gasteiger partial charge in [-0.25, -0.2) is 15.0 Å². The van der Waals surface area contributed by atoms with E-state index in [1.165, 1.54) is 13.8 Å². The molecule has 0 bridgehead atoms. The summed E-state index contributed by atoms with van der Waals surface area (Å²) in [7, 11) is 0. The van der Waals surface area contributed by atoms with Gasteiger partial charge in [0.05, 0.1) is 33.6 Å². The van der Waals surface area contributed by atoms with E-state index >= 15 is 0 Å². The lowest BCUT2D eigenvalue weighted by atomic mass is 10.0. The summed E-state index contributed by atoms with van der Waals surface area (Å²) in [4.78, 5) is 97.3. The monoisotopic (exact) mass is 849 g/mol. The molecule has 1 saturated heterocycles. The van der Waals surface area contributed by atoms with Crippen LogP contribution in [0.1, 0.15) is 103 Å². The molecule has 19 heteroatoms. The summed E-state index contributed by atoms with van der Waals surface area (Å²) in [5, 5.41) is 20.3. The Morgan fingerprint density at radius 2 is 1.64 bits per heavy atom. The maximum absolute atomic E-state index is 13.6. The molecule has 0 spiro atoms. The number of fused-ring (bicyclic) bond motifs is 1. The Morgan fingerprint density at radius 1 is 0.902 bits per heavy atom. The Balaban J connectivity index is 0.847. The molecule has 1 aliphatic carbocycles. The number of thiazole rings is 1. The number of carbonyl (C=O) groups excluding carboxylic acids is 4. The van der Waals surface area contributed by atoms with Crippen LogP contribution in [0.4, 0.5) is 33.3 Å². The lowest BCUT2D eigenvalue weighted by Crippen LogP contribution is -2.48. The number of piperazine rings is 1. The zero-order valence-corrected chi connectivity index (χ0v) is 35.0. The number of anilines is 5. The minimum absolute atomic E-state index is 0.0184. The van der Waals surface area contributed by atoms with Crippen molar-refractivity contribution in [2.24, 2.45) is 0 Å². The lowest BCUT2D eigenvalue weighted by molar-refractivity contribution is -0.380. The quantitative estimate of drug-likeness (QED) is 0.0431. The van der Waals surface area contributed by atoms with E-state index in [9.17, 15) is 34.1 Å². The summed E-state index contributed by atoms with van der Waals surface area (Å²) in [5.74, 6) is -0.176. The average molecular weight is 850 g/mol. The van der Waals surface area contributed by atoms with Crippen LogP contribution in [-0.2, 0) is 9.59 Å². The van der Waals surface area contributed by atoms with Crippen molar-refractivity contribution in [2.75, 3.05) is 47.0 Å². The first-order chi connectivity index (χ1) is 29.4. The smallest absolute Gasteiger partial charge is 0.348 e. The first-order valence-electron chi connectivity index (χ1n) is 20.4. The van der Waals surface area contributed by atoms with E-state index in [0.717, 1.165) is 42.7 Å². The predicted molar refractivity (Wildman–Crippen MR) is 232 cm³/mol. The molecule has 4 aromatic heterocycles. The van der Waals surface area contributed by atoms with Crippen LogP contribution in [0, 0.1) is 24.0 Å². The number of Topliss-reactive ketones (excluding diaryl/α,β-unsaturated/α-hetero) is 1. The second-order valence-electron chi connectivity index (χ2n) is 15.3. The Bertz CT molecular complexity index is 2540. The number of para-hydroxylation sites is 1. The topological polar surface area (TPSA) is 228 Å². The van der Waals surface area contributed by atoms with Crippen molar-refractivity contribution in [2.45, 2.75) is 84.6 Å². The van der Waals surface area contributed by atoms with Gasteiger partial charge in [-0.05, 0) is 87.6 Å². The Labute approximate surface area is 355 Å². The zero-order chi connectivity index (χ0) is 43.2. The molecule has 2 fully saturated rings. The Hall–Kier alpha value is -6.63. The van der Waals surface area contributed by atoms with Crippen LogP contribution in [0.2, 0.25) is 0 Å². The van der Waals surface area contributed by atoms with Gasteiger partial charge >= 0.3 is 5.00 Å². The molecule has 0 atom stereocenters. The molecule has 2 aliphatic rings. The molecule has 1 aliphatic heterocycles. The van der Waals surface area contributed by atoms with Crippen LogP contribution in [0.5, 0.6) is 0 Å². The number of unbranched alkanes of at least 4 members (excludes halogenated alkanes) is 2. The van der Waals surface area contributed by atoms with Gasteiger partial charge < -0.3 is 20.4 Å². The van der Waals surface area contributed by atoms with Gasteiger partial charge in [-0.1, -0.05) is 31.4 Å². The molecule has 18 nitrogen and oxygen atoms in total. The van der Waals surface area contributed by atoms with Crippen molar-refractivity contribution >= 4 is 79.1 Å². The number of amides is 3. The molecule has 5 aromatic rings. The highest BCUT2D eigenvalue weighted by Gasteiger charge is 2.27. The molecule has 7 rings (SSSR count). The fourth-order valence-electron chi connectivity index (χ4n) is 7.96. The molecule has 61 heavy (non-hydrogen) atoms. The van der Waals surface area contributed by atoms with Crippen LogP contribution in [-0.4, -0.2) is 84.0 Å². The second kappa shape index (κ2) is 18.7. The maximum atomic E-state index is 13.6. The van der Waals surface area contributed by atoms with E-state index in [-0.39, 0.29) is 62.6 Å². The van der Waals surface area contributed by atoms with Crippen LogP contribution in [0.25, 0.3) is 11.0 Å². The number of hydrogen-bond acceptors (Lipinski definition) is 14. The standard InChI is InChI=1S/C42H47N11O7S/c1-25-31-24-44-41(48-37(31)52(28-11-7-8-12-28)39(58)36(25)27(3)54)47-33-18-17-29(23-43-33)50-19-21-51(22-20-50)35(56)16-6-4-5-15-34(55)46-32-14-10-9-13-30(32)38(57)49-42-45-26(2)40(61-42)53(59)60/h9-10,13-14,17-18,23-24,28H,4-8,11-12,15-16,19-22H2,1-3H3,(H,46,55)(H,45,49,57)(H,43,44,47,48). The fraction of sp³-hybridized carbons (Fsp3) is 0.405. The maximum Gasteiger partial charge on any atom is 0.348 e. The van der Waals surface area contributed by atoms with E-state index in [1.54, 1.807) is 48.1 Å². The van der Waals surface area contributed by atoms with Gasteiger partial charge in [-0.2, -0.15) is 4.98 Å². The minimum Gasteiger partial charge on any atom is -0.367 e. The molecule has 318 valence electrons. The third-order valence-corrected chi connectivity index (χ3v) is 12.2. The predicted octanol–water partition coefficient (Wildman–Crippen LogP) is 6.72. The van der Waals surface area contributed by atoms with Crippen LogP contribution in [0.3, 0.4) is 0 Å². The van der Waals surface area contributed by atoms with Gasteiger partial charge in [0, 0.05) is 56.6 Å². The highest BCUT2D eigenvalue weighted by Crippen LogP contribution is 2.33. The van der Waals surface area contributed by atoms with Gasteiger partial charge in [0.1, 0.15) is 17.2 Å². The number of aromatic nitrogens is 5. The molecule has 3 N–H and O–H groups in total. The number of ketones is 1. The largest absolute Gasteiger partial charge is 0.367 e. The molecular formula is C42H47N11O7S. The van der Waals surface area contributed by atoms with Crippen molar-refractivity contribution in [3.05, 3.63) is 91.6 Å². The SMILES string of the molecule is CC(=O)c1c(C)c2cnc(Nc3ccc(N4CCN(C(=O)CCCCCC(=O)Nc5ccccc5C(=O)Nc5nc(C)c([N+](=O)[O-])s5)CC4)cn3)nc2n(C2CCCC2)c1=O. The fourth-order valence-corrected chi connectivity index (χ4v) is 8.74. The van der Waals surface area contributed by atoms with Crippen LogP contribution in [0.15, 0.2) is 53.6 Å². The summed E-state index contributed by atoms with van der Waals surface area (Å²) in [6, 6.07) is 10.3.